The minimum atomic E-state index is -0.0792. The van der Waals surface area contributed by atoms with E-state index in [1.165, 1.54) is 0 Å². The number of benzene rings is 1. The molecular weight excluding hydrogens is 275 g/mol. The second kappa shape index (κ2) is 4.28. The Balaban J connectivity index is 2.18. The molecule has 0 amide bonds. The third kappa shape index (κ3) is 1.77. The molecule has 0 atom stereocenters. The minimum absolute atomic E-state index is 0.0792. The van der Waals surface area contributed by atoms with Gasteiger partial charge < -0.3 is 5.11 Å². The fourth-order valence-corrected chi connectivity index (χ4v) is 2.03. The van der Waals surface area contributed by atoms with E-state index < -0.39 is 0 Å². The number of halogens is 2. The molecule has 0 aliphatic heterocycles. The number of aliphatic hydroxyl groups excluding tert-OH is 1. The van der Waals surface area contributed by atoms with E-state index in [1.807, 2.05) is 6.07 Å². The van der Waals surface area contributed by atoms with Gasteiger partial charge in [-0.25, -0.2) is 4.52 Å². The molecule has 3 rings (SSSR count). The monoisotopic (exact) mass is 282 g/mol. The summed E-state index contributed by atoms with van der Waals surface area (Å²) in [6, 6.07) is 6.97. The fraction of sp³-hybridized carbons (Fsp3) is 0.0909. The zero-order valence-electron chi connectivity index (χ0n) is 9.06. The summed E-state index contributed by atoms with van der Waals surface area (Å²) in [5, 5.41) is 21.1. The lowest BCUT2D eigenvalue weighted by Crippen LogP contribution is -1.92. The molecule has 0 aliphatic carbocycles. The van der Waals surface area contributed by atoms with E-state index in [4.69, 9.17) is 28.3 Å². The topological polar surface area (TPSA) is 66.2 Å². The Kier molecular flexibility index (Phi) is 2.74. The van der Waals surface area contributed by atoms with Gasteiger partial charge in [-0.1, -0.05) is 23.2 Å². The Bertz CT molecular complexity index is 719. The lowest BCUT2D eigenvalue weighted by atomic mass is 10.2. The summed E-state index contributed by atoms with van der Waals surface area (Å²) in [6.07, 6.45) is 0. The van der Waals surface area contributed by atoms with E-state index in [-0.39, 0.29) is 6.61 Å². The number of H-pyrrole nitrogens is 1. The van der Waals surface area contributed by atoms with E-state index in [1.54, 1.807) is 22.7 Å². The van der Waals surface area contributed by atoms with Crippen LogP contribution in [0.1, 0.15) is 5.69 Å². The van der Waals surface area contributed by atoms with Gasteiger partial charge in [0.05, 0.1) is 22.3 Å². The first-order valence-corrected chi connectivity index (χ1v) is 5.94. The number of aromatic amines is 1. The molecule has 18 heavy (non-hydrogen) atoms. The summed E-state index contributed by atoms with van der Waals surface area (Å²) in [4.78, 5) is 0. The van der Waals surface area contributed by atoms with Gasteiger partial charge >= 0.3 is 0 Å². The zero-order chi connectivity index (χ0) is 12.7. The molecule has 2 aromatic heterocycles. The van der Waals surface area contributed by atoms with E-state index >= 15 is 0 Å². The van der Waals surface area contributed by atoms with Crippen molar-refractivity contribution >= 4 is 28.8 Å². The molecule has 2 N–H and O–H groups in total. The van der Waals surface area contributed by atoms with Gasteiger partial charge in [0.25, 0.3) is 0 Å². The highest BCUT2D eigenvalue weighted by Crippen LogP contribution is 2.27. The fourth-order valence-electron chi connectivity index (χ4n) is 1.73. The quantitative estimate of drug-likeness (QED) is 0.759. The van der Waals surface area contributed by atoms with E-state index in [9.17, 15) is 0 Å². The molecule has 0 aliphatic rings. The Hall–Kier alpha value is -1.56. The van der Waals surface area contributed by atoms with Gasteiger partial charge in [0.2, 0.25) is 0 Å². The van der Waals surface area contributed by atoms with Crippen LogP contribution in [-0.4, -0.2) is 24.9 Å². The second-order valence-electron chi connectivity index (χ2n) is 3.79. The number of nitrogens with one attached hydrogen (secondary N) is 1. The largest absolute Gasteiger partial charge is 0.390 e. The van der Waals surface area contributed by atoms with Crippen LogP contribution in [-0.2, 0) is 6.61 Å². The van der Waals surface area contributed by atoms with Crippen molar-refractivity contribution in [2.45, 2.75) is 6.61 Å². The first-order valence-electron chi connectivity index (χ1n) is 5.18. The molecule has 0 saturated heterocycles. The van der Waals surface area contributed by atoms with Gasteiger partial charge in [-0.05, 0) is 18.2 Å². The maximum absolute atomic E-state index is 9.07. The molecule has 0 spiro atoms. The SMILES string of the molecule is OCc1cc2nnc(-c3ccc(Cl)c(Cl)c3)n2[nH]1. The average Bonchev–Trinajstić information content (AvgIpc) is 2.92. The molecule has 2 heterocycles. The van der Waals surface area contributed by atoms with Crippen LogP contribution in [0.4, 0.5) is 0 Å². The van der Waals surface area contributed by atoms with Crippen LogP contribution < -0.4 is 0 Å². The molecule has 0 radical (unpaired) electrons. The van der Waals surface area contributed by atoms with Crippen LogP contribution in [0.25, 0.3) is 17.0 Å². The van der Waals surface area contributed by atoms with Gasteiger partial charge in [0.1, 0.15) is 0 Å². The number of hydrogen-bond donors (Lipinski definition) is 2. The maximum Gasteiger partial charge on any atom is 0.183 e. The summed E-state index contributed by atoms with van der Waals surface area (Å²) in [5.74, 6) is 0.614. The number of aliphatic hydroxyl groups is 1. The molecule has 3 aromatic rings. The van der Waals surface area contributed by atoms with Gasteiger partial charge in [-0.15, -0.1) is 10.2 Å². The zero-order valence-corrected chi connectivity index (χ0v) is 10.6. The number of rotatable bonds is 2. The van der Waals surface area contributed by atoms with Gasteiger partial charge in [-0.3, -0.25) is 5.10 Å². The summed E-state index contributed by atoms with van der Waals surface area (Å²) in [7, 11) is 0. The van der Waals surface area contributed by atoms with Crippen LogP contribution in [0.2, 0.25) is 10.0 Å². The highest BCUT2D eigenvalue weighted by atomic mass is 35.5. The third-order valence-electron chi connectivity index (χ3n) is 2.59. The minimum Gasteiger partial charge on any atom is -0.390 e. The Morgan fingerprint density at radius 2 is 2.00 bits per heavy atom. The van der Waals surface area contributed by atoms with Crippen molar-refractivity contribution in [1.82, 2.24) is 19.8 Å². The van der Waals surface area contributed by atoms with Gasteiger partial charge in [0.15, 0.2) is 11.5 Å². The second-order valence-corrected chi connectivity index (χ2v) is 4.60. The number of aromatic nitrogens is 4. The summed E-state index contributed by atoms with van der Waals surface area (Å²) in [5.41, 5.74) is 2.10. The van der Waals surface area contributed by atoms with Crippen molar-refractivity contribution < 1.29 is 5.11 Å². The van der Waals surface area contributed by atoms with Crippen molar-refractivity contribution in [3.05, 3.63) is 40.0 Å². The smallest absolute Gasteiger partial charge is 0.183 e. The van der Waals surface area contributed by atoms with Crippen molar-refractivity contribution in [2.24, 2.45) is 0 Å². The van der Waals surface area contributed by atoms with Crippen molar-refractivity contribution in [2.75, 3.05) is 0 Å². The predicted octanol–water partition coefficient (Wildman–Crippen LogP) is 2.52. The maximum atomic E-state index is 9.07. The molecule has 0 unspecified atom stereocenters. The Labute approximate surface area is 112 Å². The van der Waals surface area contributed by atoms with Crippen molar-refractivity contribution in [1.29, 1.82) is 0 Å². The first-order chi connectivity index (χ1) is 8.69. The molecule has 92 valence electrons. The molecule has 5 nitrogen and oxygen atoms in total. The Morgan fingerprint density at radius 1 is 1.17 bits per heavy atom. The van der Waals surface area contributed by atoms with Crippen molar-refractivity contribution in [3.63, 3.8) is 0 Å². The molecular formula is C11H8Cl2N4O. The standard InChI is InChI=1S/C11H8Cl2N4O/c12-8-2-1-6(3-9(8)13)11-15-14-10-4-7(5-18)16-17(10)11/h1-4,16,18H,5H2. The first kappa shape index (κ1) is 11.5. The van der Waals surface area contributed by atoms with Crippen LogP contribution in [0.5, 0.6) is 0 Å². The average molecular weight is 283 g/mol. The third-order valence-corrected chi connectivity index (χ3v) is 3.33. The van der Waals surface area contributed by atoms with Gasteiger partial charge in [0, 0.05) is 11.6 Å². The highest BCUT2D eigenvalue weighted by Gasteiger charge is 2.11. The van der Waals surface area contributed by atoms with Gasteiger partial charge in [-0.2, -0.15) is 0 Å². The predicted molar refractivity (Wildman–Crippen MR) is 68.7 cm³/mol. The summed E-state index contributed by atoms with van der Waals surface area (Å²) >= 11 is 11.8. The molecule has 1 aromatic carbocycles. The van der Waals surface area contributed by atoms with Crippen LogP contribution in [0.3, 0.4) is 0 Å². The molecule has 0 bridgehead atoms. The van der Waals surface area contributed by atoms with Crippen molar-refractivity contribution in [3.8, 4) is 11.4 Å². The summed E-state index contributed by atoms with van der Waals surface area (Å²) < 4.78 is 1.69. The normalized spacial score (nSPS) is 11.3. The lowest BCUT2D eigenvalue weighted by Gasteiger charge is -2.00. The number of nitrogens with zero attached hydrogens (tertiary/aromatic N) is 3. The molecule has 0 saturated carbocycles. The summed E-state index contributed by atoms with van der Waals surface area (Å²) in [6.45, 7) is -0.0792. The van der Waals surface area contributed by atoms with E-state index in [0.717, 1.165) is 5.56 Å². The van der Waals surface area contributed by atoms with E-state index in [2.05, 4.69) is 15.3 Å². The Morgan fingerprint density at radius 3 is 2.72 bits per heavy atom. The van der Waals surface area contributed by atoms with Crippen LogP contribution >= 0.6 is 23.2 Å². The molecule has 7 heteroatoms. The lowest BCUT2D eigenvalue weighted by molar-refractivity contribution is 0.276. The molecule has 0 fully saturated rings. The van der Waals surface area contributed by atoms with Crippen LogP contribution in [0.15, 0.2) is 24.3 Å². The van der Waals surface area contributed by atoms with Crippen LogP contribution in [0, 0.1) is 0 Å². The number of fused-ring (bicyclic) bond motifs is 1. The number of hydrogen-bond acceptors (Lipinski definition) is 3. The highest BCUT2D eigenvalue weighted by molar-refractivity contribution is 6.42. The van der Waals surface area contributed by atoms with E-state index in [0.29, 0.717) is 27.2 Å².